The van der Waals surface area contributed by atoms with Crippen molar-refractivity contribution in [2.75, 3.05) is 6.54 Å². The first-order valence-corrected chi connectivity index (χ1v) is 8.30. The Hall–Kier alpha value is -2.17. The predicted molar refractivity (Wildman–Crippen MR) is 89.2 cm³/mol. The molecule has 0 aromatic carbocycles. The molecular formula is C18H22N4O. The molecule has 120 valence electrons. The van der Waals surface area contributed by atoms with E-state index in [1.165, 1.54) is 12.8 Å². The smallest absolute Gasteiger partial charge is 0.252 e. The van der Waals surface area contributed by atoms with Gasteiger partial charge in [0, 0.05) is 19.3 Å². The Bertz CT molecular complexity index is 820. The molecule has 0 spiro atoms. The van der Waals surface area contributed by atoms with Gasteiger partial charge in [0.1, 0.15) is 0 Å². The predicted octanol–water partition coefficient (Wildman–Crippen LogP) is 2.53. The molecule has 2 heterocycles. The van der Waals surface area contributed by atoms with Crippen molar-refractivity contribution in [3.8, 4) is 0 Å². The van der Waals surface area contributed by atoms with E-state index in [9.17, 15) is 4.79 Å². The summed E-state index contributed by atoms with van der Waals surface area (Å²) < 4.78 is 1.75. The van der Waals surface area contributed by atoms with E-state index in [2.05, 4.69) is 27.6 Å². The van der Waals surface area contributed by atoms with Gasteiger partial charge in [-0.3, -0.25) is 9.48 Å². The fourth-order valence-corrected chi connectivity index (χ4v) is 4.20. The molecule has 0 radical (unpaired) electrons. The largest absolute Gasteiger partial charge is 0.352 e. The number of hydrogen-bond acceptors (Lipinski definition) is 3. The summed E-state index contributed by atoms with van der Waals surface area (Å²) in [5.74, 6) is 1.96. The number of nitrogens with zero attached hydrogens (tertiary/aromatic N) is 3. The maximum absolute atomic E-state index is 12.7. The summed E-state index contributed by atoms with van der Waals surface area (Å²) in [7, 11) is 1.87. The molecule has 1 N–H and O–H groups in total. The number of pyridine rings is 1. The van der Waals surface area contributed by atoms with Crippen LogP contribution in [0.25, 0.3) is 11.0 Å². The Balaban J connectivity index is 1.58. The summed E-state index contributed by atoms with van der Waals surface area (Å²) in [5, 5.41) is 8.42. The first-order valence-electron chi connectivity index (χ1n) is 8.30. The van der Waals surface area contributed by atoms with E-state index in [1.807, 2.05) is 27.0 Å². The lowest BCUT2D eigenvalue weighted by molar-refractivity contribution is 0.0946. The van der Waals surface area contributed by atoms with Gasteiger partial charge in [-0.05, 0) is 50.5 Å². The number of allylic oxidation sites excluding steroid dienone is 2. The Morgan fingerprint density at radius 3 is 2.87 bits per heavy atom. The first-order chi connectivity index (χ1) is 11.0. The molecular weight excluding hydrogens is 288 g/mol. The number of aryl methyl sites for hydroxylation is 3. The van der Waals surface area contributed by atoms with Gasteiger partial charge in [-0.25, -0.2) is 4.98 Å². The minimum atomic E-state index is -0.0108. The van der Waals surface area contributed by atoms with Crippen LogP contribution >= 0.6 is 0 Å². The van der Waals surface area contributed by atoms with Crippen molar-refractivity contribution in [3.05, 3.63) is 35.2 Å². The lowest BCUT2D eigenvalue weighted by atomic mass is 9.93. The minimum Gasteiger partial charge on any atom is -0.352 e. The topological polar surface area (TPSA) is 59.8 Å². The number of rotatable bonds is 3. The van der Waals surface area contributed by atoms with Crippen LogP contribution in [0.5, 0.6) is 0 Å². The third kappa shape index (κ3) is 2.35. The number of fused-ring (bicyclic) bond motifs is 3. The zero-order chi connectivity index (χ0) is 16.1. The van der Waals surface area contributed by atoms with Gasteiger partial charge in [-0.2, -0.15) is 5.10 Å². The average Bonchev–Trinajstić information content (AvgIpc) is 3.20. The van der Waals surface area contributed by atoms with Gasteiger partial charge in [-0.15, -0.1) is 0 Å². The van der Waals surface area contributed by atoms with Crippen molar-refractivity contribution in [2.24, 2.45) is 24.8 Å². The van der Waals surface area contributed by atoms with E-state index in [-0.39, 0.29) is 5.91 Å². The van der Waals surface area contributed by atoms with E-state index in [1.54, 1.807) is 4.68 Å². The molecule has 1 saturated carbocycles. The van der Waals surface area contributed by atoms with Crippen molar-refractivity contribution in [3.63, 3.8) is 0 Å². The van der Waals surface area contributed by atoms with E-state index in [0.29, 0.717) is 17.4 Å². The zero-order valence-corrected chi connectivity index (χ0v) is 13.8. The zero-order valence-electron chi connectivity index (χ0n) is 13.8. The second-order valence-electron chi connectivity index (χ2n) is 6.97. The molecule has 2 aliphatic rings. The second-order valence-corrected chi connectivity index (χ2v) is 6.97. The molecule has 23 heavy (non-hydrogen) atoms. The highest BCUT2D eigenvalue weighted by Gasteiger charge is 2.35. The Labute approximate surface area is 135 Å². The quantitative estimate of drug-likeness (QED) is 0.886. The molecule has 4 rings (SSSR count). The lowest BCUT2D eigenvalue weighted by Gasteiger charge is -2.18. The van der Waals surface area contributed by atoms with Crippen LogP contribution in [0.2, 0.25) is 0 Å². The van der Waals surface area contributed by atoms with Gasteiger partial charge < -0.3 is 5.32 Å². The number of carbonyl (C=O) groups excluding carboxylic acids is 1. The fraction of sp³-hybridized carbons (Fsp3) is 0.500. The van der Waals surface area contributed by atoms with Crippen LogP contribution in [-0.4, -0.2) is 27.2 Å². The standard InChI is InChI=1S/C18H22N4O/c1-10-6-15(16-11(2)21-22(3)17(16)20-10)18(23)19-9-14-8-12-4-5-13(14)7-12/h4-6,12-14H,7-9H2,1-3H3,(H,19,23)/t12-,13+,14-/m1/s1. The maximum atomic E-state index is 12.7. The molecule has 2 bridgehead atoms. The summed E-state index contributed by atoms with van der Waals surface area (Å²) in [6.45, 7) is 4.60. The van der Waals surface area contributed by atoms with Gasteiger partial charge in [0.2, 0.25) is 0 Å². The molecule has 5 nitrogen and oxygen atoms in total. The molecule has 2 aromatic heterocycles. The summed E-state index contributed by atoms with van der Waals surface area (Å²) >= 11 is 0. The van der Waals surface area contributed by atoms with E-state index >= 15 is 0 Å². The van der Waals surface area contributed by atoms with Gasteiger partial charge in [-0.1, -0.05) is 12.2 Å². The molecule has 0 unspecified atom stereocenters. The fourth-order valence-electron chi connectivity index (χ4n) is 4.20. The molecule has 2 aliphatic carbocycles. The minimum absolute atomic E-state index is 0.0108. The third-order valence-corrected chi connectivity index (χ3v) is 5.28. The Kier molecular flexibility index (Phi) is 3.25. The Morgan fingerprint density at radius 2 is 2.17 bits per heavy atom. The van der Waals surface area contributed by atoms with Gasteiger partial charge in [0.25, 0.3) is 5.91 Å². The monoisotopic (exact) mass is 310 g/mol. The van der Waals surface area contributed by atoms with Crippen LogP contribution in [0.15, 0.2) is 18.2 Å². The maximum Gasteiger partial charge on any atom is 0.252 e. The highest BCUT2D eigenvalue weighted by Crippen LogP contribution is 2.43. The SMILES string of the molecule is Cc1cc(C(=O)NC[C@H]2C[C@@H]3C=C[C@H]2C3)c2c(C)nn(C)c2n1. The summed E-state index contributed by atoms with van der Waals surface area (Å²) in [5.41, 5.74) is 3.16. The van der Waals surface area contributed by atoms with Crippen LogP contribution < -0.4 is 5.32 Å². The van der Waals surface area contributed by atoms with Crippen molar-refractivity contribution >= 4 is 16.9 Å². The van der Waals surface area contributed by atoms with E-state index < -0.39 is 0 Å². The number of nitrogens with one attached hydrogen (secondary N) is 1. The summed E-state index contributed by atoms with van der Waals surface area (Å²) in [6.07, 6.45) is 7.13. The van der Waals surface area contributed by atoms with Gasteiger partial charge >= 0.3 is 0 Å². The van der Waals surface area contributed by atoms with Gasteiger partial charge in [0.15, 0.2) is 5.65 Å². The summed E-state index contributed by atoms with van der Waals surface area (Å²) in [6, 6.07) is 1.87. The van der Waals surface area contributed by atoms with Crippen molar-refractivity contribution < 1.29 is 4.79 Å². The molecule has 0 aliphatic heterocycles. The summed E-state index contributed by atoms with van der Waals surface area (Å²) in [4.78, 5) is 17.3. The van der Waals surface area contributed by atoms with Crippen molar-refractivity contribution in [1.82, 2.24) is 20.1 Å². The van der Waals surface area contributed by atoms with E-state index in [4.69, 9.17) is 0 Å². The van der Waals surface area contributed by atoms with Crippen molar-refractivity contribution in [2.45, 2.75) is 26.7 Å². The van der Waals surface area contributed by atoms with Gasteiger partial charge in [0.05, 0.1) is 16.6 Å². The van der Waals surface area contributed by atoms with Crippen molar-refractivity contribution in [1.29, 1.82) is 0 Å². The number of hydrogen-bond donors (Lipinski definition) is 1. The number of amides is 1. The van der Waals surface area contributed by atoms with Crippen LogP contribution in [-0.2, 0) is 7.05 Å². The van der Waals surface area contributed by atoms with Crippen LogP contribution in [0.1, 0.15) is 34.6 Å². The highest BCUT2D eigenvalue weighted by molar-refractivity contribution is 6.06. The highest BCUT2D eigenvalue weighted by atomic mass is 16.1. The second kappa shape index (κ2) is 5.18. The molecule has 1 amide bonds. The molecule has 2 aromatic rings. The third-order valence-electron chi connectivity index (χ3n) is 5.28. The van der Waals surface area contributed by atoms with E-state index in [0.717, 1.165) is 34.9 Å². The Morgan fingerprint density at radius 1 is 1.35 bits per heavy atom. The first kappa shape index (κ1) is 14.4. The molecule has 0 saturated heterocycles. The van der Waals surface area contributed by atoms with Crippen LogP contribution in [0, 0.1) is 31.6 Å². The van der Waals surface area contributed by atoms with Crippen LogP contribution in [0.4, 0.5) is 0 Å². The number of carbonyl (C=O) groups is 1. The lowest BCUT2D eigenvalue weighted by Crippen LogP contribution is -2.31. The molecule has 1 fully saturated rings. The number of aromatic nitrogens is 3. The average molecular weight is 310 g/mol. The normalized spacial score (nSPS) is 25.4. The molecule has 5 heteroatoms. The molecule has 3 atom stereocenters. The van der Waals surface area contributed by atoms with Crippen LogP contribution in [0.3, 0.4) is 0 Å².